The summed E-state index contributed by atoms with van der Waals surface area (Å²) in [6.07, 6.45) is 4.57. The molecule has 0 atom stereocenters. The molecule has 0 saturated carbocycles. The van der Waals surface area contributed by atoms with Crippen molar-refractivity contribution in [2.75, 3.05) is 0 Å². The Hall–Kier alpha value is -1.82. The fourth-order valence-electron chi connectivity index (χ4n) is 2.99. The summed E-state index contributed by atoms with van der Waals surface area (Å²) in [7, 11) is 0. The van der Waals surface area contributed by atoms with Gasteiger partial charge in [0.25, 0.3) is 0 Å². The van der Waals surface area contributed by atoms with E-state index in [2.05, 4.69) is 70.5 Å². The highest BCUT2D eigenvalue weighted by Gasteiger charge is 2.17. The van der Waals surface area contributed by atoms with Gasteiger partial charge in [0, 0.05) is 6.42 Å². The van der Waals surface area contributed by atoms with Crippen molar-refractivity contribution >= 4 is 6.08 Å². The number of allylic oxidation sites excluding steroid dienone is 1. The molecule has 95 valence electrons. The molecule has 0 heteroatoms. The Morgan fingerprint density at radius 1 is 0.789 bits per heavy atom. The van der Waals surface area contributed by atoms with E-state index in [1.165, 1.54) is 44.5 Å². The van der Waals surface area contributed by atoms with Crippen molar-refractivity contribution in [2.24, 2.45) is 0 Å². The molecule has 0 aliphatic heterocycles. The molecule has 0 fully saturated rings. The molecule has 2 aromatic rings. The third kappa shape index (κ3) is 2.02. The smallest absolute Gasteiger partial charge is 0.0161 e. The van der Waals surface area contributed by atoms with E-state index in [4.69, 9.17) is 0 Å². The van der Waals surface area contributed by atoms with Crippen LogP contribution in [0.1, 0.15) is 34.7 Å². The monoisotopic (exact) mass is 247 g/mol. The fraction of sp³-hybridized carbons (Fsp3) is 0.211. The van der Waals surface area contributed by atoms with E-state index in [0.717, 1.165) is 0 Å². The highest BCUT2D eigenvalue weighted by Crippen LogP contribution is 2.38. The molecule has 0 saturated heterocycles. The molecule has 1 aliphatic carbocycles. The first-order chi connectivity index (χ1) is 9.06. The molecule has 0 aromatic heterocycles. The summed E-state index contributed by atoms with van der Waals surface area (Å²) in [4.78, 5) is 0. The van der Waals surface area contributed by atoms with Crippen molar-refractivity contribution in [1.29, 1.82) is 0 Å². The number of hydrogen-bond donors (Lipinski definition) is 0. The molecular formula is C19H19. The van der Waals surface area contributed by atoms with Crippen molar-refractivity contribution in [3.8, 4) is 11.1 Å². The van der Waals surface area contributed by atoms with Crippen LogP contribution in [0.3, 0.4) is 0 Å². The van der Waals surface area contributed by atoms with Crippen molar-refractivity contribution in [1.82, 2.24) is 0 Å². The van der Waals surface area contributed by atoms with E-state index in [1.54, 1.807) is 0 Å². The van der Waals surface area contributed by atoms with Gasteiger partial charge in [-0.3, -0.25) is 0 Å². The predicted molar refractivity (Wildman–Crippen MR) is 83.1 cm³/mol. The number of fused-ring (bicyclic) bond motifs is 1. The van der Waals surface area contributed by atoms with Crippen LogP contribution >= 0.6 is 0 Å². The first-order valence-corrected chi connectivity index (χ1v) is 6.80. The van der Waals surface area contributed by atoms with E-state index < -0.39 is 0 Å². The zero-order valence-electron chi connectivity index (χ0n) is 12.0. The molecule has 19 heavy (non-hydrogen) atoms. The van der Waals surface area contributed by atoms with Gasteiger partial charge in [-0.1, -0.05) is 47.5 Å². The third-order valence-electron chi connectivity index (χ3n) is 3.89. The number of benzene rings is 2. The van der Waals surface area contributed by atoms with Gasteiger partial charge < -0.3 is 0 Å². The van der Waals surface area contributed by atoms with Crippen LogP contribution in [0.25, 0.3) is 17.2 Å². The predicted octanol–water partition coefficient (Wildman–Crippen LogP) is 5.25. The second kappa shape index (κ2) is 4.38. The molecule has 0 bridgehead atoms. The molecule has 1 radical (unpaired) electrons. The maximum atomic E-state index is 2.30. The largest absolute Gasteiger partial charge is 0.0642 e. The Kier molecular flexibility index (Phi) is 2.82. The zero-order valence-corrected chi connectivity index (χ0v) is 12.0. The number of aryl methyl sites for hydroxylation is 3. The Balaban J connectivity index is 2.29. The molecule has 0 N–H and O–H groups in total. The first kappa shape index (κ1) is 12.2. The Morgan fingerprint density at radius 3 is 2.32 bits per heavy atom. The highest BCUT2D eigenvalue weighted by molar-refractivity contribution is 5.86. The van der Waals surface area contributed by atoms with Crippen LogP contribution in [-0.4, -0.2) is 0 Å². The van der Waals surface area contributed by atoms with Crippen molar-refractivity contribution < 1.29 is 0 Å². The summed E-state index contributed by atoms with van der Waals surface area (Å²) in [5.74, 6) is 0. The van der Waals surface area contributed by atoms with E-state index in [-0.39, 0.29) is 0 Å². The lowest BCUT2D eigenvalue weighted by atomic mass is 9.90. The third-order valence-corrected chi connectivity index (χ3v) is 3.89. The van der Waals surface area contributed by atoms with E-state index in [9.17, 15) is 0 Å². The maximum Gasteiger partial charge on any atom is 0.0161 e. The van der Waals surface area contributed by atoms with E-state index in [1.807, 2.05) is 0 Å². The van der Waals surface area contributed by atoms with Gasteiger partial charge in [-0.25, -0.2) is 0 Å². The molecular weight excluding hydrogens is 228 g/mol. The molecule has 1 aliphatic rings. The lowest BCUT2D eigenvalue weighted by Gasteiger charge is -2.14. The molecule has 0 spiro atoms. The minimum Gasteiger partial charge on any atom is -0.0642 e. The SMILES string of the molecule is CC1=Cc2c(ccc(C)c2-c2ccc(C)cc2C)[CH]1. The summed E-state index contributed by atoms with van der Waals surface area (Å²) >= 11 is 0. The molecule has 3 rings (SSSR count). The lowest BCUT2D eigenvalue weighted by molar-refractivity contribution is 1.35. The van der Waals surface area contributed by atoms with Gasteiger partial charge in [-0.05, 0) is 61.1 Å². The van der Waals surface area contributed by atoms with Crippen LogP contribution in [0.4, 0.5) is 0 Å². The topological polar surface area (TPSA) is 0 Å². The standard InChI is InChI=1S/C19H19/c1-12-5-8-17(15(4)9-12)19-14(3)6-7-16-10-13(2)11-18(16)19/h5-11H,1-4H3. The van der Waals surface area contributed by atoms with Crippen LogP contribution in [-0.2, 0) is 0 Å². The van der Waals surface area contributed by atoms with Gasteiger partial charge >= 0.3 is 0 Å². The van der Waals surface area contributed by atoms with Gasteiger partial charge in [-0.15, -0.1) is 0 Å². The Labute approximate surface area is 115 Å². The summed E-state index contributed by atoms with van der Waals surface area (Å²) in [5, 5.41) is 0. The van der Waals surface area contributed by atoms with Crippen LogP contribution < -0.4 is 0 Å². The lowest BCUT2D eigenvalue weighted by Crippen LogP contribution is -1.93. The highest BCUT2D eigenvalue weighted by atomic mass is 14.2. The van der Waals surface area contributed by atoms with Gasteiger partial charge in [0.05, 0.1) is 0 Å². The average molecular weight is 247 g/mol. The van der Waals surface area contributed by atoms with Crippen LogP contribution in [0.5, 0.6) is 0 Å². The van der Waals surface area contributed by atoms with Gasteiger partial charge in [0.2, 0.25) is 0 Å². The van der Waals surface area contributed by atoms with Crippen molar-refractivity contribution in [2.45, 2.75) is 27.7 Å². The van der Waals surface area contributed by atoms with E-state index >= 15 is 0 Å². The molecule has 0 heterocycles. The molecule has 0 amide bonds. The summed E-state index contributed by atoms with van der Waals surface area (Å²) in [5.41, 5.74) is 10.8. The molecule has 2 aromatic carbocycles. The van der Waals surface area contributed by atoms with Gasteiger partial charge in [-0.2, -0.15) is 0 Å². The first-order valence-electron chi connectivity index (χ1n) is 6.80. The number of hydrogen-bond acceptors (Lipinski definition) is 0. The van der Waals surface area contributed by atoms with Gasteiger partial charge in [0.1, 0.15) is 0 Å². The Morgan fingerprint density at radius 2 is 1.58 bits per heavy atom. The summed E-state index contributed by atoms with van der Waals surface area (Å²) < 4.78 is 0. The van der Waals surface area contributed by atoms with Gasteiger partial charge in [0.15, 0.2) is 0 Å². The fourth-order valence-corrected chi connectivity index (χ4v) is 2.99. The normalized spacial score (nSPS) is 13.4. The minimum atomic E-state index is 1.32. The zero-order chi connectivity index (χ0) is 13.6. The van der Waals surface area contributed by atoms with Crippen LogP contribution in [0.2, 0.25) is 0 Å². The molecule has 0 unspecified atom stereocenters. The second-order valence-corrected chi connectivity index (χ2v) is 5.61. The van der Waals surface area contributed by atoms with Crippen molar-refractivity contribution in [3.05, 3.63) is 70.1 Å². The minimum absolute atomic E-state index is 1.32. The number of rotatable bonds is 1. The van der Waals surface area contributed by atoms with Crippen LogP contribution in [0.15, 0.2) is 35.9 Å². The van der Waals surface area contributed by atoms with Crippen LogP contribution in [0, 0.1) is 27.2 Å². The second-order valence-electron chi connectivity index (χ2n) is 5.61. The quantitative estimate of drug-likeness (QED) is 0.645. The van der Waals surface area contributed by atoms with Crippen molar-refractivity contribution in [3.63, 3.8) is 0 Å². The Bertz CT molecular complexity index is 687. The van der Waals surface area contributed by atoms with E-state index in [0.29, 0.717) is 0 Å². The average Bonchev–Trinajstić information content (AvgIpc) is 2.71. The summed E-state index contributed by atoms with van der Waals surface area (Å²) in [6.45, 7) is 8.73. The molecule has 0 nitrogen and oxygen atoms in total. The summed E-state index contributed by atoms with van der Waals surface area (Å²) in [6, 6.07) is 11.2. The maximum absolute atomic E-state index is 2.30.